The fraction of sp³-hybridized carbons (Fsp3) is 0.440. The summed E-state index contributed by atoms with van der Waals surface area (Å²) in [5, 5.41) is 3.02. The fourth-order valence-corrected chi connectivity index (χ4v) is 4.00. The molecule has 1 aliphatic heterocycles. The molecule has 0 atom stereocenters. The maximum absolute atomic E-state index is 12.7. The number of piperazine rings is 1. The van der Waals surface area contributed by atoms with E-state index in [9.17, 15) is 4.79 Å². The summed E-state index contributed by atoms with van der Waals surface area (Å²) in [6.07, 6.45) is 0. The summed E-state index contributed by atoms with van der Waals surface area (Å²) in [5.74, 6) is 0.953. The minimum atomic E-state index is -0.103. The molecule has 31 heavy (non-hydrogen) atoms. The van der Waals surface area contributed by atoms with Crippen LogP contribution < -0.4 is 5.32 Å². The SMILES string of the molecule is CN1CCN(Cc2nc3cc(NC(=O)c4ccc(C(C)(C)C)cc4)ccc3n2C)CC1. The van der Waals surface area contributed by atoms with E-state index < -0.39 is 0 Å². The molecule has 1 amide bonds. The summed E-state index contributed by atoms with van der Waals surface area (Å²) < 4.78 is 2.16. The highest BCUT2D eigenvalue weighted by molar-refractivity contribution is 6.05. The molecule has 1 saturated heterocycles. The lowest BCUT2D eigenvalue weighted by molar-refractivity contribution is 0.102. The van der Waals surface area contributed by atoms with Crippen LogP contribution in [0, 0.1) is 0 Å². The molecular formula is C25H33N5O. The highest BCUT2D eigenvalue weighted by Gasteiger charge is 2.18. The minimum absolute atomic E-state index is 0.0703. The molecule has 0 saturated carbocycles. The van der Waals surface area contributed by atoms with Gasteiger partial charge in [-0.05, 0) is 48.4 Å². The zero-order valence-corrected chi connectivity index (χ0v) is 19.3. The number of hydrogen-bond donors (Lipinski definition) is 1. The number of anilines is 1. The molecule has 6 nitrogen and oxygen atoms in total. The standard InChI is InChI=1S/C25H33N5O/c1-25(2,3)19-8-6-18(7-9-19)24(31)26-20-10-11-22-21(16-20)27-23(29(22)5)17-30-14-12-28(4)13-15-30/h6-11,16H,12-15,17H2,1-5H3,(H,26,31). The number of rotatable bonds is 4. The third-order valence-corrected chi connectivity index (χ3v) is 6.21. The van der Waals surface area contributed by atoms with Gasteiger partial charge in [-0.2, -0.15) is 0 Å². The smallest absolute Gasteiger partial charge is 0.255 e. The molecule has 0 aliphatic carbocycles. The minimum Gasteiger partial charge on any atom is -0.330 e. The second-order valence-corrected chi connectivity index (χ2v) is 9.65. The van der Waals surface area contributed by atoms with Crippen LogP contribution >= 0.6 is 0 Å². The molecule has 0 unspecified atom stereocenters. The third kappa shape index (κ3) is 4.81. The Bertz CT molecular complexity index is 1070. The van der Waals surface area contributed by atoms with E-state index in [4.69, 9.17) is 4.98 Å². The van der Waals surface area contributed by atoms with Crippen molar-refractivity contribution in [2.24, 2.45) is 7.05 Å². The van der Waals surface area contributed by atoms with E-state index in [0.717, 1.165) is 55.3 Å². The number of nitrogens with zero attached hydrogens (tertiary/aromatic N) is 4. The van der Waals surface area contributed by atoms with Crippen LogP contribution in [0.4, 0.5) is 5.69 Å². The zero-order valence-electron chi connectivity index (χ0n) is 19.3. The molecular weight excluding hydrogens is 386 g/mol. The Morgan fingerprint density at radius 2 is 1.68 bits per heavy atom. The quantitative estimate of drug-likeness (QED) is 0.698. The number of aryl methyl sites for hydroxylation is 1. The predicted octanol–water partition coefficient (Wildman–Crippen LogP) is 3.87. The number of nitrogens with one attached hydrogen (secondary N) is 1. The van der Waals surface area contributed by atoms with E-state index >= 15 is 0 Å². The molecule has 1 aromatic heterocycles. The lowest BCUT2D eigenvalue weighted by Gasteiger charge is -2.31. The molecule has 0 radical (unpaired) electrons. The zero-order chi connectivity index (χ0) is 22.2. The monoisotopic (exact) mass is 419 g/mol. The van der Waals surface area contributed by atoms with Crippen molar-refractivity contribution in [3.63, 3.8) is 0 Å². The van der Waals surface area contributed by atoms with Crippen LogP contribution in [-0.2, 0) is 19.0 Å². The Labute approximate surface area is 184 Å². The van der Waals surface area contributed by atoms with Crippen LogP contribution in [0.2, 0.25) is 0 Å². The van der Waals surface area contributed by atoms with E-state index in [0.29, 0.717) is 5.56 Å². The Hall–Kier alpha value is -2.70. The number of fused-ring (bicyclic) bond motifs is 1. The van der Waals surface area contributed by atoms with Crippen LogP contribution in [0.15, 0.2) is 42.5 Å². The first-order valence-electron chi connectivity index (χ1n) is 11.0. The lowest BCUT2D eigenvalue weighted by Crippen LogP contribution is -2.44. The molecule has 0 bridgehead atoms. The average molecular weight is 420 g/mol. The lowest BCUT2D eigenvalue weighted by atomic mass is 9.87. The van der Waals surface area contributed by atoms with Gasteiger partial charge in [0.15, 0.2) is 0 Å². The van der Waals surface area contributed by atoms with Crippen molar-refractivity contribution >= 4 is 22.6 Å². The molecule has 4 rings (SSSR count). The second kappa shape index (κ2) is 8.44. The van der Waals surface area contributed by atoms with E-state index in [1.807, 2.05) is 42.5 Å². The van der Waals surface area contributed by atoms with Gasteiger partial charge in [0, 0.05) is 44.5 Å². The van der Waals surface area contributed by atoms with Gasteiger partial charge in [0.25, 0.3) is 5.91 Å². The van der Waals surface area contributed by atoms with Gasteiger partial charge in [-0.1, -0.05) is 32.9 Å². The summed E-state index contributed by atoms with van der Waals surface area (Å²) >= 11 is 0. The highest BCUT2D eigenvalue weighted by Crippen LogP contribution is 2.24. The van der Waals surface area contributed by atoms with E-state index in [-0.39, 0.29) is 11.3 Å². The van der Waals surface area contributed by atoms with Crippen molar-refractivity contribution in [2.45, 2.75) is 32.7 Å². The number of benzene rings is 2. The van der Waals surface area contributed by atoms with Gasteiger partial charge < -0.3 is 14.8 Å². The van der Waals surface area contributed by atoms with Crippen LogP contribution in [0.25, 0.3) is 11.0 Å². The van der Waals surface area contributed by atoms with Gasteiger partial charge in [-0.3, -0.25) is 9.69 Å². The molecule has 164 valence electrons. The molecule has 3 aromatic rings. The van der Waals surface area contributed by atoms with E-state index in [1.54, 1.807) is 0 Å². The van der Waals surface area contributed by atoms with E-state index in [1.165, 1.54) is 5.56 Å². The first-order chi connectivity index (χ1) is 14.7. The highest BCUT2D eigenvalue weighted by atomic mass is 16.1. The first-order valence-corrected chi connectivity index (χ1v) is 11.0. The molecule has 1 N–H and O–H groups in total. The number of carbonyl (C=O) groups excluding carboxylic acids is 1. The number of hydrogen-bond acceptors (Lipinski definition) is 4. The van der Waals surface area contributed by atoms with Crippen LogP contribution in [0.3, 0.4) is 0 Å². The summed E-state index contributed by atoms with van der Waals surface area (Å²) in [7, 11) is 4.23. The van der Waals surface area contributed by atoms with E-state index in [2.05, 4.69) is 54.6 Å². The number of imidazole rings is 1. The maximum atomic E-state index is 12.7. The fourth-order valence-electron chi connectivity index (χ4n) is 4.00. The van der Waals surface area contributed by atoms with Crippen molar-refractivity contribution in [1.82, 2.24) is 19.4 Å². The summed E-state index contributed by atoms with van der Waals surface area (Å²) in [5.41, 5.74) is 4.70. The van der Waals surface area contributed by atoms with Crippen molar-refractivity contribution in [3.05, 3.63) is 59.4 Å². The van der Waals surface area contributed by atoms with Crippen LogP contribution in [0.5, 0.6) is 0 Å². The van der Waals surface area contributed by atoms with Gasteiger partial charge in [0.2, 0.25) is 0 Å². The van der Waals surface area contributed by atoms with Crippen LogP contribution in [0.1, 0.15) is 42.5 Å². The number of carbonyl (C=O) groups is 1. The molecule has 2 aromatic carbocycles. The summed E-state index contributed by atoms with van der Waals surface area (Å²) in [4.78, 5) is 22.4. The molecule has 1 fully saturated rings. The van der Waals surface area contributed by atoms with Gasteiger partial charge in [-0.15, -0.1) is 0 Å². The van der Waals surface area contributed by atoms with Crippen molar-refractivity contribution < 1.29 is 4.79 Å². The van der Waals surface area contributed by atoms with Crippen molar-refractivity contribution in [1.29, 1.82) is 0 Å². The largest absolute Gasteiger partial charge is 0.330 e. The molecule has 6 heteroatoms. The Kier molecular flexibility index (Phi) is 5.86. The van der Waals surface area contributed by atoms with Gasteiger partial charge >= 0.3 is 0 Å². The number of likely N-dealkylation sites (N-methyl/N-ethyl adjacent to an activating group) is 1. The number of aromatic nitrogens is 2. The van der Waals surface area contributed by atoms with Gasteiger partial charge in [0.05, 0.1) is 17.6 Å². The Morgan fingerprint density at radius 3 is 2.32 bits per heavy atom. The topological polar surface area (TPSA) is 53.4 Å². The molecule has 1 aliphatic rings. The van der Waals surface area contributed by atoms with Crippen molar-refractivity contribution in [3.8, 4) is 0 Å². The molecule has 0 spiro atoms. The number of amides is 1. The summed E-state index contributed by atoms with van der Waals surface area (Å²) in [6.45, 7) is 11.7. The maximum Gasteiger partial charge on any atom is 0.255 e. The normalized spacial score (nSPS) is 16.0. The first kappa shape index (κ1) is 21.5. The van der Waals surface area contributed by atoms with Gasteiger partial charge in [-0.25, -0.2) is 4.98 Å². The summed E-state index contributed by atoms with van der Waals surface area (Å²) in [6, 6.07) is 13.8. The predicted molar refractivity (Wildman–Crippen MR) is 127 cm³/mol. The Morgan fingerprint density at radius 1 is 1.00 bits per heavy atom. The molecule has 2 heterocycles. The third-order valence-electron chi connectivity index (χ3n) is 6.21. The second-order valence-electron chi connectivity index (χ2n) is 9.65. The Balaban J connectivity index is 1.48. The van der Waals surface area contributed by atoms with Crippen molar-refractivity contribution in [2.75, 3.05) is 38.5 Å². The van der Waals surface area contributed by atoms with Gasteiger partial charge in [0.1, 0.15) is 5.82 Å². The van der Waals surface area contributed by atoms with Crippen LogP contribution in [-0.4, -0.2) is 58.5 Å². The average Bonchev–Trinajstić information content (AvgIpc) is 3.04.